The van der Waals surface area contributed by atoms with Crippen LogP contribution in [-0.2, 0) is 0 Å². The Kier molecular flexibility index (Phi) is 8.86. The predicted octanol–water partition coefficient (Wildman–Crippen LogP) is 4.72. The Balaban J connectivity index is 3.00. The summed E-state index contributed by atoms with van der Waals surface area (Å²) in [5, 5.41) is 3.69. The maximum absolute atomic E-state index is 3.69. The van der Waals surface area contributed by atoms with Gasteiger partial charge in [-0.25, -0.2) is 0 Å². The molecule has 1 rings (SSSR count). The minimum absolute atomic E-state index is 0.454. The molecular formula is C18H32N2S. The Bertz CT molecular complexity index is 395. The van der Waals surface area contributed by atoms with Gasteiger partial charge in [0.15, 0.2) is 0 Å². The molecule has 1 N–H and O–H groups in total. The van der Waals surface area contributed by atoms with Gasteiger partial charge in [0.1, 0.15) is 0 Å². The number of nitrogens with one attached hydrogen (secondary N) is 1. The van der Waals surface area contributed by atoms with Crippen LogP contribution in [0.25, 0.3) is 0 Å². The van der Waals surface area contributed by atoms with Gasteiger partial charge >= 0.3 is 0 Å². The van der Waals surface area contributed by atoms with Crippen molar-refractivity contribution < 1.29 is 0 Å². The largest absolute Gasteiger partial charge is 0.371 e. The fourth-order valence-electron chi connectivity index (χ4n) is 2.79. The van der Waals surface area contributed by atoms with Crippen molar-refractivity contribution in [3.05, 3.63) is 29.8 Å². The van der Waals surface area contributed by atoms with Crippen molar-refractivity contribution in [2.45, 2.75) is 52.1 Å². The summed E-state index contributed by atoms with van der Waals surface area (Å²) < 4.78 is 0. The molecule has 0 aliphatic rings. The van der Waals surface area contributed by atoms with Crippen LogP contribution in [0.4, 0.5) is 5.69 Å². The van der Waals surface area contributed by atoms with Gasteiger partial charge in [-0.3, -0.25) is 0 Å². The molecule has 0 radical (unpaired) electrons. The molecule has 1 aromatic carbocycles. The maximum atomic E-state index is 3.69. The molecule has 0 aliphatic carbocycles. The molecule has 0 heterocycles. The molecule has 0 aromatic heterocycles. The zero-order valence-electron chi connectivity index (χ0n) is 14.4. The molecule has 2 atom stereocenters. The summed E-state index contributed by atoms with van der Waals surface area (Å²) in [6, 6.07) is 9.94. The Morgan fingerprint density at radius 1 is 1.14 bits per heavy atom. The topological polar surface area (TPSA) is 15.3 Å². The molecule has 0 spiro atoms. The van der Waals surface area contributed by atoms with E-state index in [1.165, 1.54) is 29.8 Å². The summed E-state index contributed by atoms with van der Waals surface area (Å²) in [5.74, 6) is 1.18. The number of anilines is 1. The zero-order chi connectivity index (χ0) is 15.7. The molecule has 0 saturated heterocycles. The van der Waals surface area contributed by atoms with E-state index in [1.54, 1.807) is 0 Å². The fourth-order valence-corrected chi connectivity index (χ4v) is 3.63. The number of hydrogen-bond acceptors (Lipinski definition) is 3. The van der Waals surface area contributed by atoms with Crippen LogP contribution in [0.2, 0.25) is 0 Å². The second-order valence-electron chi connectivity index (χ2n) is 5.60. The molecule has 0 aliphatic heterocycles. The molecule has 0 amide bonds. The maximum Gasteiger partial charge on any atom is 0.0414 e. The molecule has 21 heavy (non-hydrogen) atoms. The van der Waals surface area contributed by atoms with Gasteiger partial charge in [-0.05, 0) is 43.7 Å². The molecular weight excluding hydrogens is 276 g/mol. The number of para-hydroxylation sites is 1. The van der Waals surface area contributed by atoms with Crippen molar-refractivity contribution >= 4 is 17.4 Å². The normalized spacial score (nSPS) is 14.0. The van der Waals surface area contributed by atoms with Gasteiger partial charge in [-0.15, -0.1) is 0 Å². The van der Waals surface area contributed by atoms with Crippen molar-refractivity contribution in [1.82, 2.24) is 5.32 Å². The second kappa shape index (κ2) is 10.1. The van der Waals surface area contributed by atoms with Gasteiger partial charge in [-0.2, -0.15) is 11.8 Å². The van der Waals surface area contributed by atoms with E-state index in [0.29, 0.717) is 12.1 Å². The van der Waals surface area contributed by atoms with E-state index in [0.717, 1.165) is 13.0 Å². The van der Waals surface area contributed by atoms with Crippen molar-refractivity contribution in [1.29, 1.82) is 0 Å². The van der Waals surface area contributed by atoms with E-state index in [4.69, 9.17) is 0 Å². The van der Waals surface area contributed by atoms with E-state index < -0.39 is 0 Å². The average Bonchev–Trinajstić information content (AvgIpc) is 2.53. The summed E-state index contributed by atoms with van der Waals surface area (Å²) >= 11 is 1.93. The number of rotatable bonds is 10. The van der Waals surface area contributed by atoms with E-state index in [2.05, 4.69) is 68.6 Å². The lowest BCUT2D eigenvalue weighted by Gasteiger charge is -2.32. The van der Waals surface area contributed by atoms with Crippen molar-refractivity contribution in [3.63, 3.8) is 0 Å². The van der Waals surface area contributed by atoms with E-state index in [-0.39, 0.29) is 0 Å². The minimum Gasteiger partial charge on any atom is -0.371 e. The van der Waals surface area contributed by atoms with Crippen molar-refractivity contribution in [3.8, 4) is 0 Å². The Morgan fingerprint density at radius 2 is 1.86 bits per heavy atom. The van der Waals surface area contributed by atoms with Gasteiger partial charge in [0.25, 0.3) is 0 Å². The average molecular weight is 309 g/mol. The minimum atomic E-state index is 0.454. The highest BCUT2D eigenvalue weighted by Crippen LogP contribution is 2.29. The first-order valence-electron chi connectivity index (χ1n) is 8.23. The first-order chi connectivity index (χ1) is 10.2. The van der Waals surface area contributed by atoms with Crippen LogP contribution < -0.4 is 10.2 Å². The molecule has 0 bridgehead atoms. The third kappa shape index (κ3) is 5.23. The van der Waals surface area contributed by atoms with Crippen molar-refractivity contribution in [2.24, 2.45) is 0 Å². The van der Waals surface area contributed by atoms with Crippen molar-refractivity contribution in [2.75, 3.05) is 30.5 Å². The predicted molar refractivity (Wildman–Crippen MR) is 98.6 cm³/mol. The Labute approximate surface area is 135 Å². The highest BCUT2D eigenvalue weighted by molar-refractivity contribution is 7.98. The number of hydrogen-bond donors (Lipinski definition) is 1. The van der Waals surface area contributed by atoms with Gasteiger partial charge in [-0.1, -0.05) is 39.0 Å². The quantitative estimate of drug-likeness (QED) is 0.673. The Morgan fingerprint density at radius 3 is 2.43 bits per heavy atom. The highest BCUT2D eigenvalue weighted by atomic mass is 32.2. The summed E-state index contributed by atoms with van der Waals surface area (Å²) in [5.41, 5.74) is 2.82. The molecule has 1 aromatic rings. The standard InChI is InChI=1S/C18H32N2S/c1-6-13-19-17(8-3)16-11-9-10-12-18(16)20(4)15(7-2)14-21-5/h9-12,15,17,19H,6-8,13-14H2,1-5H3. The van der Waals surface area contributed by atoms with Crippen LogP contribution in [0.15, 0.2) is 24.3 Å². The van der Waals surface area contributed by atoms with Gasteiger partial charge in [0.05, 0.1) is 0 Å². The second-order valence-corrected chi connectivity index (χ2v) is 6.51. The van der Waals surface area contributed by atoms with Gasteiger partial charge < -0.3 is 10.2 Å². The third-order valence-corrected chi connectivity index (χ3v) is 4.84. The molecule has 0 fully saturated rings. The number of thioether (sulfide) groups is 1. The van der Waals surface area contributed by atoms with Crippen LogP contribution in [0.1, 0.15) is 51.6 Å². The molecule has 2 nitrogen and oxygen atoms in total. The molecule has 0 saturated carbocycles. The lowest BCUT2D eigenvalue weighted by atomic mass is 10.0. The van der Waals surface area contributed by atoms with Crippen LogP contribution in [-0.4, -0.2) is 31.6 Å². The summed E-state index contributed by atoms with van der Waals surface area (Å²) in [7, 11) is 2.25. The van der Waals surface area contributed by atoms with Crippen LogP contribution in [0.5, 0.6) is 0 Å². The molecule has 2 unspecified atom stereocenters. The van der Waals surface area contributed by atoms with Crippen LogP contribution in [0, 0.1) is 0 Å². The summed E-state index contributed by atoms with van der Waals surface area (Å²) in [6.07, 6.45) is 5.69. The Hall–Kier alpha value is -0.670. The summed E-state index contributed by atoms with van der Waals surface area (Å²) in [6.45, 7) is 7.86. The fraction of sp³-hybridized carbons (Fsp3) is 0.667. The lowest BCUT2D eigenvalue weighted by Crippen LogP contribution is -2.35. The number of benzene rings is 1. The SMILES string of the molecule is CCCNC(CC)c1ccccc1N(C)C(CC)CSC. The summed E-state index contributed by atoms with van der Waals surface area (Å²) in [4.78, 5) is 2.47. The first kappa shape index (κ1) is 18.4. The number of nitrogens with zero attached hydrogens (tertiary/aromatic N) is 1. The van der Waals surface area contributed by atoms with E-state index in [9.17, 15) is 0 Å². The lowest BCUT2D eigenvalue weighted by molar-refractivity contribution is 0.516. The first-order valence-corrected chi connectivity index (χ1v) is 9.62. The van der Waals surface area contributed by atoms with Crippen LogP contribution in [0.3, 0.4) is 0 Å². The van der Waals surface area contributed by atoms with E-state index in [1.807, 2.05) is 11.8 Å². The molecule has 3 heteroatoms. The monoisotopic (exact) mass is 308 g/mol. The van der Waals surface area contributed by atoms with Crippen LogP contribution >= 0.6 is 11.8 Å². The molecule has 120 valence electrons. The smallest absolute Gasteiger partial charge is 0.0414 e. The van der Waals surface area contributed by atoms with Gasteiger partial charge in [0, 0.05) is 30.6 Å². The zero-order valence-corrected chi connectivity index (χ0v) is 15.2. The third-order valence-electron chi connectivity index (χ3n) is 4.12. The van der Waals surface area contributed by atoms with Gasteiger partial charge in [0.2, 0.25) is 0 Å². The van der Waals surface area contributed by atoms with E-state index >= 15 is 0 Å². The highest BCUT2D eigenvalue weighted by Gasteiger charge is 2.19.